The van der Waals surface area contributed by atoms with Crippen molar-refractivity contribution in [1.82, 2.24) is 4.90 Å². The minimum Gasteiger partial charge on any atom is -0.506 e. The molecule has 0 heterocycles. The van der Waals surface area contributed by atoms with Gasteiger partial charge in [-0.1, -0.05) is 45.7 Å². The van der Waals surface area contributed by atoms with E-state index in [2.05, 4.69) is 15.9 Å². The van der Waals surface area contributed by atoms with Crippen molar-refractivity contribution < 1.29 is 9.90 Å². The number of hydrogen-bond donors (Lipinski definition) is 1. The topological polar surface area (TPSA) is 40.5 Å². The maximum atomic E-state index is 12.3. The molecule has 0 fully saturated rings. The van der Waals surface area contributed by atoms with Gasteiger partial charge in [0.15, 0.2) is 0 Å². The molecule has 3 nitrogen and oxygen atoms in total. The van der Waals surface area contributed by atoms with Gasteiger partial charge in [0, 0.05) is 23.6 Å². The zero-order chi connectivity index (χ0) is 14.7. The molecule has 0 atom stereocenters. The standard InChI is InChI=1S/C15H13BrClNO2/c1-18(9-11-4-2-3-5-12(11)16)15(20)10-6-7-14(19)13(17)8-10/h2-8,19H,9H2,1H3. The highest BCUT2D eigenvalue weighted by atomic mass is 79.9. The van der Waals surface area contributed by atoms with Crippen molar-refractivity contribution in [1.29, 1.82) is 0 Å². The van der Waals surface area contributed by atoms with Crippen molar-refractivity contribution in [3.63, 3.8) is 0 Å². The third-order valence-electron chi connectivity index (χ3n) is 2.91. The number of rotatable bonds is 3. The Hall–Kier alpha value is -1.52. The molecule has 2 aromatic rings. The van der Waals surface area contributed by atoms with Crippen LogP contribution in [0, 0.1) is 0 Å². The molecule has 0 aliphatic heterocycles. The monoisotopic (exact) mass is 353 g/mol. The minimum absolute atomic E-state index is 0.0309. The first kappa shape index (κ1) is 14.9. The van der Waals surface area contributed by atoms with Crippen molar-refractivity contribution in [2.24, 2.45) is 0 Å². The lowest BCUT2D eigenvalue weighted by atomic mass is 10.1. The summed E-state index contributed by atoms with van der Waals surface area (Å²) in [7, 11) is 1.72. The van der Waals surface area contributed by atoms with Crippen LogP contribution in [0.5, 0.6) is 5.75 Å². The van der Waals surface area contributed by atoms with Gasteiger partial charge >= 0.3 is 0 Å². The number of halogens is 2. The van der Waals surface area contributed by atoms with Crippen LogP contribution in [0.4, 0.5) is 0 Å². The van der Waals surface area contributed by atoms with Crippen molar-refractivity contribution in [2.75, 3.05) is 7.05 Å². The van der Waals surface area contributed by atoms with Crippen molar-refractivity contribution in [3.05, 3.63) is 63.1 Å². The Bertz CT molecular complexity index is 646. The molecule has 1 amide bonds. The summed E-state index contributed by atoms with van der Waals surface area (Å²) < 4.78 is 0.961. The summed E-state index contributed by atoms with van der Waals surface area (Å²) in [6.07, 6.45) is 0. The van der Waals surface area contributed by atoms with Gasteiger partial charge < -0.3 is 10.0 Å². The van der Waals surface area contributed by atoms with Crippen LogP contribution in [-0.2, 0) is 6.54 Å². The molecule has 1 N–H and O–H groups in total. The van der Waals surface area contributed by atoms with Crippen LogP contribution in [-0.4, -0.2) is 23.0 Å². The van der Waals surface area contributed by atoms with Gasteiger partial charge in [0.2, 0.25) is 0 Å². The molecule has 0 aliphatic rings. The number of nitrogens with zero attached hydrogens (tertiary/aromatic N) is 1. The molecule has 0 bridgehead atoms. The van der Waals surface area contributed by atoms with Crippen molar-refractivity contribution in [3.8, 4) is 5.75 Å². The first-order valence-electron chi connectivity index (χ1n) is 5.96. The zero-order valence-electron chi connectivity index (χ0n) is 10.8. The Morgan fingerprint density at radius 2 is 2.00 bits per heavy atom. The van der Waals surface area contributed by atoms with E-state index in [1.54, 1.807) is 18.0 Å². The minimum atomic E-state index is -0.150. The summed E-state index contributed by atoms with van der Waals surface area (Å²) in [5, 5.41) is 9.54. The van der Waals surface area contributed by atoms with Gasteiger partial charge in [0.05, 0.1) is 5.02 Å². The summed E-state index contributed by atoms with van der Waals surface area (Å²) in [6.45, 7) is 0.485. The zero-order valence-corrected chi connectivity index (χ0v) is 13.1. The smallest absolute Gasteiger partial charge is 0.253 e. The largest absolute Gasteiger partial charge is 0.506 e. The SMILES string of the molecule is CN(Cc1ccccc1Br)C(=O)c1ccc(O)c(Cl)c1. The molecule has 0 saturated heterocycles. The highest BCUT2D eigenvalue weighted by Gasteiger charge is 2.14. The Morgan fingerprint density at radius 3 is 2.65 bits per heavy atom. The lowest BCUT2D eigenvalue weighted by molar-refractivity contribution is 0.0785. The van der Waals surface area contributed by atoms with Crippen molar-refractivity contribution in [2.45, 2.75) is 6.54 Å². The van der Waals surface area contributed by atoms with E-state index in [4.69, 9.17) is 11.6 Å². The second-order valence-corrected chi connectivity index (χ2v) is 5.68. The molecule has 104 valence electrons. The number of carbonyl (C=O) groups is 1. The second kappa shape index (κ2) is 6.29. The molecule has 0 aliphatic carbocycles. The lowest BCUT2D eigenvalue weighted by Crippen LogP contribution is -2.26. The molecule has 0 spiro atoms. The summed E-state index contributed by atoms with van der Waals surface area (Å²) in [5.74, 6) is -0.181. The molecular formula is C15H13BrClNO2. The first-order valence-corrected chi connectivity index (χ1v) is 7.13. The summed E-state index contributed by atoms with van der Waals surface area (Å²) in [4.78, 5) is 13.9. The second-order valence-electron chi connectivity index (χ2n) is 4.42. The number of phenols is 1. The highest BCUT2D eigenvalue weighted by Crippen LogP contribution is 2.25. The normalized spacial score (nSPS) is 10.3. The van der Waals surface area contributed by atoms with E-state index in [1.165, 1.54) is 12.1 Å². The molecule has 2 rings (SSSR count). The molecule has 0 aromatic heterocycles. The summed E-state index contributed by atoms with van der Waals surface area (Å²) >= 11 is 9.28. The van der Waals surface area contributed by atoms with Crippen LogP contribution < -0.4 is 0 Å². The van der Waals surface area contributed by atoms with Gasteiger partial charge in [-0.3, -0.25) is 4.79 Å². The third kappa shape index (κ3) is 3.32. The highest BCUT2D eigenvalue weighted by molar-refractivity contribution is 9.10. The molecule has 20 heavy (non-hydrogen) atoms. The fraction of sp³-hybridized carbons (Fsp3) is 0.133. The fourth-order valence-electron chi connectivity index (χ4n) is 1.81. The van der Waals surface area contributed by atoms with Crippen LogP contribution in [0.15, 0.2) is 46.9 Å². The molecule has 2 aromatic carbocycles. The molecule has 5 heteroatoms. The summed E-state index contributed by atoms with van der Waals surface area (Å²) in [6, 6.07) is 12.2. The molecule has 0 saturated carbocycles. The molecule has 0 radical (unpaired) electrons. The number of benzene rings is 2. The van der Waals surface area contributed by atoms with Gasteiger partial charge in [-0.05, 0) is 29.8 Å². The van der Waals surface area contributed by atoms with Gasteiger partial charge in [-0.2, -0.15) is 0 Å². The van der Waals surface area contributed by atoms with E-state index in [9.17, 15) is 9.90 Å². The number of aromatic hydroxyl groups is 1. The average molecular weight is 355 g/mol. The van der Waals surface area contributed by atoms with E-state index >= 15 is 0 Å². The Balaban J connectivity index is 2.16. The van der Waals surface area contributed by atoms with Gasteiger partial charge in [0.1, 0.15) is 5.75 Å². The van der Waals surface area contributed by atoms with Gasteiger partial charge in [0.25, 0.3) is 5.91 Å². The Morgan fingerprint density at radius 1 is 1.30 bits per heavy atom. The lowest BCUT2D eigenvalue weighted by Gasteiger charge is -2.18. The van der Waals surface area contributed by atoms with Crippen LogP contribution in [0.1, 0.15) is 15.9 Å². The van der Waals surface area contributed by atoms with E-state index < -0.39 is 0 Å². The van der Waals surface area contributed by atoms with Gasteiger partial charge in [-0.25, -0.2) is 0 Å². The van der Waals surface area contributed by atoms with Crippen LogP contribution in [0.2, 0.25) is 5.02 Å². The van der Waals surface area contributed by atoms with E-state index in [0.29, 0.717) is 12.1 Å². The van der Waals surface area contributed by atoms with E-state index in [1.807, 2.05) is 24.3 Å². The van der Waals surface area contributed by atoms with Crippen LogP contribution >= 0.6 is 27.5 Å². The predicted molar refractivity (Wildman–Crippen MR) is 83.1 cm³/mol. The Labute approximate surface area is 130 Å². The third-order valence-corrected chi connectivity index (χ3v) is 3.98. The molecule has 0 unspecified atom stereocenters. The Kier molecular flexibility index (Phi) is 4.68. The average Bonchev–Trinajstić information content (AvgIpc) is 2.43. The quantitative estimate of drug-likeness (QED) is 0.902. The summed E-state index contributed by atoms with van der Waals surface area (Å²) in [5.41, 5.74) is 1.47. The van der Waals surface area contributed by atoms with E-state index in [0.717, 1.165) is 10.0 Å². The number of amides is 1. The first-order chi connectivity index (χ1) is 9.49. The maximum absolute atomic E-state index is 12.3. The van der Waals surface area contributed by atoms with E-state index in [-0.39, 0.29) is 16.7 Å². The fourth-order valence-corrected chi connectivity index (χ4v) is 2.40. The molecular weight excluding hydrogens is 342 g/mol. The van der Waals surface area contributed by atoms with Crippen LogP contribution in [0.25, 0.3) is 0 Å². The predicted octanol–water partition coefficient (Wildman–Crippen LogP) is 4.08. The van der Waals surface area contributed by atoms with Crippen molar-refractivity contribution >= 4 is 33.4 Å². The van der Waals surface area contributed by atoms with Crippen LogP contribution in [0.3, 0.4) is 0 Å². The van der Waals surface area contributed by atoms with Gasteiger partial charge in [-0.15, -0.1) is 0 Å². The number of phenolic OH excluding ortho intramolecular Hbond substituents is 1. The number of hydrogen-bond acceptors (Lipinski definition) is 2. The maximum Gasteiger partial charge on any atom is 0.253 e. The number of carbonyl (C=O) groups excluding carboxylic acids is 1.